The molecule has 7 N–H and O–H groups in total. The molecule has 6 fully saturated rings. The van der Waals surface area contributed by atoms with E-state index in [4.69, 9.17) is 23.7 Å². The lowest BCUT2D eigenvalue weighted by Gasteiger charge is -2.64. The molecule has 0 bridgehead atoms. The lowest BCUT2D eigenvalue weighted by molar-refractivity contribution is -0.360. The standard InChI is InChI=1S/C35H54O13/c1-16-30(48-32-28(41)26(39)25(38)23(14-36)47-32)27(40)29(42)31(45-16)46-19-6-9-33(2)18(13-19)4-5-22-21(33)7-10-34(3)20(8-11-35(22,34)43)17-12-24(37)44-15-17/h12,16,18-23,25-32,36,38-43H,4-11,13-15H2,1-3H3/t16-,18+,19-,20+,21-,22+,23+,25+,26-,27-,28+,29+,30-,31-,32+,33-,34+,35-/m0/s1. The van der Waals surface area contributed by atoms with Gasteiger partial charge in [0.15, 0.2) is 12.6 Å². The van der Waals surface area contributed by atoms with Crippen LogP contribution < -0.4 is 0 Å². The van der Waals surface area contributed by atoms with E-state index in [-0.39, 0.29) is 34.7 Å². The van der Waals surface area contributed by atoms with Crippen LogP contribution in [0, 0.1) is 34.5 Å². The van der Waals surface area contributed by atoms with Gasteiger partial charge < -0.3 is 59.4 Å². The quantitative estimate of drug-likeness (QED) is 0.149. The Kier molecular flexibility index (Phi) is 9.36. The molecular formula is C35H54O13. The van der Waals surface area contributed by atoms with Crippen molar-refractivity contribution in [1.82, 2.24) is 0 Å². The van der Waals surface area contributed by atoms with Crippen molar-refractivity contribution in [2.75, 3.05) is 13.2 Å². The molecule has 4 aliphatic carbocycles. The molecule has 48 heavy (non-hydrogen) atoms. The Hall–Kier alpha value is -1.23. The fourth-order valence-corrected chi connectivity index (χ4v) is 11.3. The van der Waals surface area contributed by atoms with Gasteiger partial charge in [-0.15, -0.1) is 0 Å². The summed E-state index contributed by atoms with van der Waals surface area (Å²) in [7, 11) is 0. The number of rotatable bonds is 6. The first-order valence-electron chi connectivity index (χ1n) is 17.9. The second-order valence-corrected chi connectivity index (χ2v) is 16.3. The third-order valence-electron chi connectivity index (χ3n) is 14.2. The van der Waals surface area contributed by atoms with Crippen LogP contribution in [-0.2, 0) is 28.5 Å². The minimum absolute atomic E-state index is 0.0345. The Labute approximate surface area is 281 Å². The number of hydrogen-bond donors (Lipinski definition) is 7. The van der Waals surface area contributed by atoms with Gasteiger partial charge in [0.1, 0.15) is 49.3 Å². The lowest BCUT2D eigenvalue weighted by atomic mass is 9.43. The molecule has 0 spiro atoms. The number of carbonyl (C=O) groups is 1. The number of cyclic esters (lactones) is 1. The van der Waals surface area contributed by atoms with E-state index in [0.29, 0.717) is 18.4 Å². The van der Waals surface area contributed by atoms with Gasteiger partial charge in [0.2, 0.25) is 0 Å². The minimum atomic E-state index is -1.65. The highest BCUT2D eigenvalue weighted by molar-refractivity contribution is 5.85. The van der Waals surface area contributed by atoms with E-state index < -0.39 is 73.6 Å². The highest BCUT2D eigenvalue weighted by Gasteiger charge is 2.68. The normalized spacial score (nSPS) is 55.3. The summed E-state index contributed by atoms with van der Waals surface area (Å²) in [6.07, 6.45) is -4.12. The van der Waals surface area contributed by atoms with E-state index >= 15 is 0 Å². The van der Waals surface area contributed by atoms with E-state index in [2.05, 4.69) is 13.8 Å². The zero-order chi connectivity index (χ0) is 34.3. The molecular weight excluding hydrogens is 628 g/mol. The molecule has 18 atom stereocenters. The van der Waals surface area contributed by atoms with Gasteiger partial charge in [-0.3, -0.25) is 0 Å². The maximum Gasteiger partial charge on any atom is 0.331 e. The molecule has 7 rings (SSSR count). The minimum Gasteiger partial charge on any atom is -0.458 e. The number of hydrogen-bond acceptors (Lipinski definition) is 13. The molecule has 4 saturated carbocycles. The summed E-state index contributed by atoms with van der Waals surface area (Å²) in [6.45, 7) is 5.97. The molecule has 0 aromatic heterocycles. The van der Waals surface area contributed by atoms with Crippen molar-refractivity contribution in [1.29, 1.82) is 0 Å². The molecule has 0 aromatic carbocycles. The van der Waals surface area contributed by atoms with Crippen LogP contribution in [0.25, 0.3) is 0 Å². The smallest absolute Gasteiger partial charge is 0.331 e. The Morgan fingerprint density at radius 1 is 0.833 bits per heavy atom. The van der Waals surface area contributed by atoms with Gasteiger partial charge in [0, 0.05) is 11.5 Å². The Balaban J connectivity index is 0.977. The number of carbonyl (C=O) groups excluding carboxylic acids is 1. The van der Waals surface area contributed by atoms with E-state index in [0.717, 1.165) is 63.4 Å². The monoisotopic (exact) mass is 682 g/mol. The molecule has 13 nitrogen and oxygen atoms in total. The average molecular weight is 683 g/mol. The number of esters is 1. The summed E-state index contributed by atoms with van der Waals surface area (Å²) in [4.78, 5) is 11.9. The summed E-state index contributed by atoms with van der Waals surface area (Å²) in [5.41, 5.74) is 0.00280. The van der Waals surface area contributed by atoms with Crippen molar-refractivity contribution in [3.63, 3.8) is 0 Å². The van der Waals surface area contributed by atoms with Crippen LogP contribution in [-0.4, -0.2) is 128 Å². The summed E-state index contributed by atoms with van der Waals surface area (Å²) in [6, 6.07) is 0. The number of aliphatic hydroxyl groups excluding tert-OH is 6. The SMILES string of the molecule is C[C@@H]1O[C@@H](O[C@H]2CC[C@@]3(C)[C@H](CC[C@@H]4[C@@H]3CC[C@]3(C)[C@@H](C5=CC(=O)OC5)CC[C@]43O)C2)[C@H](O)[C@H](O)[C@H]1O[C@H]1O[C@H](CO)[C@@H](O)[C@H](O)[C@H]1O. The molecule has 0 amide bonds. The first kappa shape index (κ1) is 35.2. The van der Waals surface area contributed by atoms with E-state index in [1.807, 2.05) is 0 Å². The van der Waals surface area contributed by atoms with Gasteiger partial charge in [-0.25, -0.2) is 4.79 Å². The van der Waals surface area contributed by atoms with Crippen molar-refractivity contribution in [3.8, 4) is 0 Å². The number of aliphatic hydroxyl groups is 7. The molecule has 0 radical (unpaired) electrons. The molecule has 7 aliphatic rings. The van der Waals surface area contributed by atoms with E-state index in [1.165, 1.54) is 0 Å². The third kappa shape index (κ3) is 5.42. The van der Waals surface area contributed by atoms with Gasteiger partial charge in [-0.05, 0) is 99.4 Å². The molecule has 3 heterocycles. The molecule has 272 valence electrons. The van der Waals surface area contributed by atoms with Gasteiger partial charge in [-0.1, -0.05) is 13.8 Å². The lowest BCUT2D eigenvalue weighted by Crippen LogP contribution is -2.64. The largest absolute Gasteiger partial charge is 0.458 e. The van der Waals surface area contributed by atoms with Crippen LogP contribution in [0.2, 0.25) is 0 Å². The predicted octanol–water partition coefficient (Wildman–Crippen LogP) is 0.280. The predicted molar refractivity (Wildman–Crippen MR) is 166 cm³/mol. The van der Waals surface area contributed by atoms with Crippen molar-refractivity contribution < 1.29 is 64.2 Å². The van der Waals surface area contributed by atoms with Crippen molar-refractivity contribution in [2.24, 2.45) is 34.5 Å². The zero-order valence-corrected chi connectivity index (χ0v) is 28.1. The van der Waals surface area contributed by atoms with Crippen LogP contribution in [0.3, 0.4) is 0 Å². The Bertz CT molecular complexity index is 1240. The van der Waals surface area contributed by atoms with Gasteiger partial charge in [0.05, 0.1) is 24.4 Å². The first-order valence-corrected chi connectivity index (χ1v) is 17.9. The second kappa shape index (κ2) is 12.8. The molecule has 2 saturated heterocycles. The Morgan fingerprint density at radius 2 is 1.56 bits per heavy atom. The molecule has 3 aliphatic heterocycles. The van der Waals surface area contributed by atoms with Crippen LogP contribution in [0.1, 0.15) is 78.6 Å². The van der Waals surface area contributed by atoms with Gasteiger partial charge in [-0.2, -0.15) is 0 Å². The molecule has 13 heteroatoms. The number of fused-ring (bicyclic) bond motifs is 5. The second-order valence-electron chi connectivity index (χ2n) is 16.3. The summed E-state index contributed by atoms with van der Waals surface area (Å²) < 4.78 is 28.8. The van der Waals surface area contributed by atoms with E-state index in [1.54, 1.807) is 13.0 Å². The fraction of sp³-hybridized carbons (Fsp3) is 0.914. The van der Waals surface area contributed by atoms with Gasteiger partial charge >= 0.3 is 5.97 Å². The van der Waals surface area contributed by atoms with Crippen LogP contribution >= 0.6 is 0 Å². The highest BCUT2D eigenvalue weighted by Crippen LogP contribution is 2.70. The fourth-order valence-electron chi connectivity index (χ4n) is 11.3. The van der Waals surface area contributed by atoms with Gasteiger partial charge in [0.25, 0.3) is 0 Å². The summed E-state index contributed by atoms with van der Waals surface area (Å²) in [5, 5.41) is 74.7. The van der Waals surface area contributed by atoms with Crippen molar-refractivity contribution in [3.05, 3.63) is 11.6 Å². The van der Waals surface area contributed by atoms with Crippen LogP contribution in [0.5, 0.6) is 0 Å². The summed E-state index contributed by atoms with van der Waals surface area (Å²) in [5.74, 6) is 0.825. The topological polar surface area (TPSA) is 205 Å². The van der Waals surface area contributed by atoms with Crippen molar-refractivity contribution in [2.45, 2.75) is 152 Å². The first-order chi connectivity index (χ1) is 22.7. The maximum absolute atomic E-state index is 12.5. The van der Waals surface area contributed by atoms with Crippen LogP contribution in [0.15, 0.2) is 11.6 Å². The average Bonchev–Trinajstić information content (AvgIpc) is 3.61. The van der Waals surface area contributed by atoms with Crippen molar-refractivity contribution >= 4 is 5.97 Å². The number of ether oxygens (including phenoxy) is 5. The van der Waals surface area contributed by atoms with E-state index in [9.17, 15) is 40.5 Å². The summed E-state index contributed by atoms with van der Waals surface area (Å²) >= 11 is 0. The maximum atomic E-state index is 12.5. The van der Waals surface area contributed by atoms with Crippen LogP contribution in [0.4, 0.5) is 0 Å². The zero-order valence-electron chi connectivity index (χ0n) is 28.1. The highest BCUT2D eigenvalue weighted by atomic mass is 16.7. The Morgan fingerprint density at radius 3 is 2.27 bits per heavy atom. The third-order valence-corrected chi connectivity index (χ3v) is 14.2. The molecule has 0 aromatic rings. The molecule has 0 unspecified atom stereocenters.